The fourth-order valence-electron chi connectivity index (χ4n) is 2.81. The van der Waals surface area contributed by atoms with Crippen LogP contribution in [0, 0.1) is 11.3 Å². The molecule has 1 N–H and O–H groups in total. The molecule has 1 aromatic rings. The average Bonchev–Trinajstić information content (AvgIpc) is 2.93. The van der Waals surface area contributed by atoms with Gasteiger partial charge in [-0.3, -0.25) is 0 Å². The maximum Gasteiger partial charge on any atom is 0.147 e. The summed E-state index contributed by atoms with van der Waals surface area (Å²) in [5.41, 5.74) is 2.98. The lowest BCUT2D eigenvalue weighted by Gasteiger charge is -2.33. The Morgan fingerprint density at radius 2 is 2.42 bits per heavy atom. The largest absolute Gasteiger partial charge is 0.394 e. The highest BCUT2D eigenvalue weighted by atomic mass is 16.5. The van der Waals surface area contributed by atoms with Crippen molar-refractivity contribution < 1.29 is 9.84 Å². The minimum Gasteiger partial charge on any atom is -0.394 e. The van der Waals surface area contributed by atoms with Crippen LogP contribution in [0.3, 0.4) is 0 Å². The molecule has 0 spiro atoms. The molecule has 1 aromatic heterocycles. The number of aliphatic hydroxyl groups excluding tert-OH is 1. The Morgan fingerprint density at radius 1 is 1.53 bits per heavy atom. The molecule has 2 aliphatic rings. The smallest absolute Gasteiger partial charge is 0.147 e. The molecule has 1 fully saturated rings. The van der Waals surface area contributed by atoms with Crippen molar-refractivity contribution in [2.45, 2.75) is 25.4 Å². The molecule has 1 atom stereocenters. The fraction of sp³-hybridized carbons (Fsp3) is 0.571. The van der Waals surface area contributed by atoms with Gasteiger partial charge in [-0.15, -0.1) is 0 Å². The summed E-state index contributed by atoms with van der Waals surface area (Å²) in [6.45, 7) is 1.88. The van der Waals surface area contributed by atoms with Gasteiger partial charge in [0.25, 0.3) is 0 Å². The molecule has 1 aliphatic carbocycles. The van der Waals surface area contributed by atoms with Crippen LogP contribution in [0.2, 0.25) is 0 Å². The highest BCUT2D eigenvalue weighted by Crippen LogP contribution is 2.27. The number of hydrogen-bond acceptors (Lipinski definition) is 5. The van der Waals surface area contributed by atoms with Crippen molar-refractivity contribution in [2.75, 3.05) is 31.2 Å². The number of nitriles is 1. The Bertz CT molecular complexity index is 524. The number of ether oxygens (including phenoxy) is 1. The van der Waals surface area contributed by atoms with E-state index in [1.165, 1.54) is 5.56 Å². The van der Waals surface area contributed by atoms with Gasteiger partial charge in [-0.05, 0) is 30.9 Å². The minimum atomic E-state index is -0.185. The fourth-order valence-corrected chi connectivity index (χ4v) is 2.81. The molecule has 0 saturated carbocycles. The maximum absolute atomic E-state index is 9.31. The highest BCUT2D eigenvalue weighted by Gasteiger charge is 2.25. The first-order chi connectivity index (χ1) is 9.31. The van der Waals surface area contributed by atoms with E-state index >= 15 is 0 Å². The van der Waals surface area contributed by atoms with Crippen molar-refractivity contribution >= 4 is 5.82 Å². The first-order valence-corrected chi connectivity index (χ1v) is 6.72. The van der Waals surface area contributed by atoms with Gasteiger partial charge in [0, 0.05) is 18.8 Å². The van der Waals surface area contributed by atoms with Crippen LogP contribution < -0.4 is 4.90 Å². The summed E-state index contributed by atoms with van der Waals surface area (Å²) in [7, 11) is 0. The van der Waals surface area contributed by atoms with E-state index in [0.29, 0.717) is 18.7 Å². The predicted octanol–water partition coefficient (Wildman–Crippen LogP) is 0.639. The van der Waals surface area contributed by atoms with Gasteiger partial charge in [-0.25, -0.2) is 4.98 Å². The molecule has 0 radical (unpaired) electrons. The number of aromatic nitrogens is 1. The summed E-state index contributed by atoms with van der Waals surface area (Å²) < 4.78 is 5.44. The summed E-state index contributed by atoms with van der Waals surface area (Å²) in [6.07, 6.45) is 2.97. The third-order valence-corrected chi connectivity index (χ3v) is 3.79. The number of fused-ring (bicyclic) bond motifs is 1. The van der Waals surface area contributed by atoms with Gasteiger partial charge in [0.1, 0.15) is 11.9 Å². The van der Waals surface area contributed by atoms with Crippen molar-refractivity contribution in [3.8, 4) is 6.07 Å². The number of rotatable bonds is 2. The van der Waals surface area contributed by atoms with E-state index < -0.39 is 0 Å². The summed E-state index contributed by atoms with van der Waals surface area (Å²) >= 11 is 0. The lowest BCUT2D eigenvalue weighted by atomic mass is 10.1. The quantitative estimate of drug-likeness (QED) is 0.844. The highest BCUT2D eigenvalue weighted by molar-refractivity contribution is 5.57. The summed E-state index contributed by atoms with van der Waals surface area (Å²) in [4.78, 5) is 6.74. The third kappa shape index (κ3) is 2.29. The second kappa shape index (κ2) is 5.16. The van der Waals surface area contributed by atoms with Gasteiger partial charge in [-0.2, -0.15) is 5.26 Å². The van der Waals surface area contributed by atoms with Crippen molar-refractivity contribution in [3.63, 3.8) is 0 Å². The number of aliphatic hydroxyl groups is 1. The normalized spacial score (nSPS) is 22.1. The zero-order valence-corrected chi connectivity index (χ0v) is 10.8. The second-order valence-electron chi connectivity index (χ2n) is 5.05. The van der Waals surface area contributed by atoms with Gasteiger partial charge in [0.05, 0.1) is 24.9 Å². The van der Waals surface area contributed by atoms with Crippen molar-refractivity contribution in [1.29, 1.82) is 5.26 Å². The Hall–Kier alpha value is -1.64. The Balaban J connectivity index is 1.93. The van der Waals surface area contributed by atoms with E-state index in [1.807, 2.05) is 6.07 Å². The standard InChI is InChI=1S/C14H17N3O2/c15-7-11-6-10-2-1-3-13(10)16-14(11)17-4-5-19-12(8-17)9-18/h6,12,18H,1-5,8-9H2. The first kappa shape index (κ1) is 12.4. The van der Waals surface area contributed by atoms with Crippen LogP contribution in [0.5, 0.6) is 0 Å². The molecule has 5 nitrogen and oxygen atoms in total. The molecule has 5 heteroatoms. The van der Waals surface area contributed by atoms with E-state index in [9.17, 15) is 10.4 Å². The van der Waals surface area contributed by atoms with Crippen LogP contribution in [0.1, 0.15) is 23.2 Å². The molecule has 0 bridgehead atoms. The number of aryl methyl sites for hydroxylation is 2. The van der Waals surface area contributed by atoms with Crippen LogP contribution in [-0.2, 0) is 17.6 Å². The summed E-state index contributed by atoms with van der Waals surface area (Å²) in [6, 6.07) is 4.23. The molecule has 3 rings (SSSR count). The monoisotopic (exact) mass is 259 g/mol. The van der Waals surface area contributed by atoms with E-state index in [-0.39, 0.29) is 12.7 Å². The SMILES string of the molecule is N#Cc1cc2c(nc1N1CCOC(CO)C1)CCC2. The number of pyridine rings is 1. The lowest BCUT2D eigenvalue weighted by molar-refractivity contribution is 0.00334. The molecule has 1 unspecified atom stereocenters. The van der Waals surface area contributed by atoms with Crippen molar-refractivity contribution in [3.05, 3.63) is 22.9 Å². The summed E-state index contributed by atoms with van der Waals surface area (Å²) in [5, 5.41) is 18.5. The van der Waals surface area contributed by atoms with Gasteiger partial charge in [0.15, 0.2) is 0 Å². The minimum absolute atomic E-state index is 0.00330. The van der Waals surface area contributed by atoms with Crippen molar-refractivity contribution in [2.24, 2.45) is 0 Å². The molecule has 1 aliphatic heterocycles. The first-order valence-electron chi connectivity index (χ1n) is 6.72. The van der Waals surface area contributed by atoms with Crippen LogP contribution in [0.4, 0.5) is 5.82 Å². The average molecular weight is 259 g/mol. The van der Waals surface area contributed by atoms with Gasteiger partial charge < -0.3 is 14.7 Å². The lowest BCUT2D eigenvalue weighted by Crippen LogP contribution is -2.44. The molecule has 19 heavy (non-hydrogen) atoms. The molecular formula is C14H17N3O2. The van der Waals surface area contributed by atoms with Crippen LogP contribution >= 0.6 is 0 Å². The van der Waals surface area contributed by atoms with Gasteiger partial charge in [0.2, 0.25) is 0 Å². The Labute approximate surface area is 112 Å². The predicted molar refractivity (Wildman–Crippen MR) is 70.0 cm³/mol. The molecule has 0 aromatic carbocycles. The zero-order chi connectivity index (χ0) is 13.2. The van der Waals surface area contributed by atoms with Crippen molar-refractivity contribution in [1.82, 2.24) is 4.98 Å². The van der Waals surface area contributed by atoms with E-state index in [2.05, 4.69) is 16.0 Å². The van der Waals surface area contributed by atoms with E-state index in [0.717, 1.165) is 37.3 Å². The van der Waals surface area contributed by atoms with Crippen LogP contribution in [0.25, 0.3) is 0 Å². The molecule has 0 amide bonds. The number of hydrogen-bond donors (Lipinski definition) is 1. The van der Waals surface area contributed by atoms with E-state index in [4.69, 9.17) is 4.74 Å². The summed E-state index contributed by atoms with van der Waals surface area (Å²) in [5.74, 6) is 0.755. The third-order valence-electron chi connectivity index (χ3n) is 3.79. The molecule has 1 saturated heterocycles. The molecular weight excluding hydrogens is 242 g/mol. The maximum atomic E-state index is 9.31. The molecule has 2 heterocycles. The van der Waals surface area contributed by atoms with Crippen LogP contribution in [-0.4, -0.2) is 42.5 Å². The van der Waals surface area contributed by atoms with Gasteiger partial charge >= 0.3 is 0 Å². The number of nitrogens with zero attached hydrogens (tertiary/aromatic N) is 3. The van der Waals surface area contributed by atoms with E-state index in [1.54, 1.807) is 0 Å². The number of anilines is 1. The Kier molecular flexibility index (Phi) is 3.36. The number of morpholine rings is 1. The topological polar surface area (TPSA) is 69.4 Å². The zero-order valence-electron chi connectivity index (χ0n) is 10.8. The molecule has 100 valence electrons. The van der Waals surface area contributed by atoms with Crippen LogP contribution in [0.15, 0.2) is 6.07 Å². The second-order valence-corrected chi connectivity index (χ2v) is 5.05. The van der Waals surface area contributed by atoms with Gasteiger partial charge in [-0.1, -0.05) is 0 Å². The Morgan fingerprint density at radius 3 is 3.21 bits per heavy atom.